The number of halogens is 2. The van der Waals surface area contributed by atoms with E-state index in [0.29, 0.717) is 18.7 Å². The van der Waals surface area contributed by atoms with Gasteiger partial charge in [-0.1, -0.05) is 12.8 Å². The van der Waals surface area contributed by atoms with Crippen LogP contribution < -0.4 is 9.47 Å². The van der Waals surface area contributed by atoms with Gasteiger partial charge in [-0.3, -0.25) is 4.79 Å². The number of ether oxygens (including phenoxy) is 3. The summed E-state index contributed by atoms with van der Waals surface area (Å²) in [4.78, 5) is 14.9. The molecule has 1 aliphatic heterocycles. The van der Waals surface area contributed by atoms with Crippen molar-refractivity contribution < 1.29 is 27.8 Å². The third kappa shape index (κ3) is 3.92. The third-order valence-electron chi connectivity index (χ3n) is 4.97. The highest BCUT2D eigenvalue weighted by atomic mass is 19.3. The molecule has 0 N–H and O–H groups in total. The Morgan fingerprint density at radius 1 is 1.19 bits per heavy atom. The monoisotopic (exact) mass is 369 g/mol. The average Bonchev–Trinajstić information content (AvgIpc) is 2.99. The van der Waals surface area contributed by atoms with Gasteiger partial charge in [-0.15, -0.1) is 0 Å². The number of alkyl halides is 2. The fourth-order valence-corrected chi connectivity index (χ4v) is 4.11. The lowest BCUT2D eigenvalue weighted by atomic mass is 9.93. The van der Waals surface area contributed by atoms with E-state index in [1.165, 1.54) is 25.3 Å². The number of nitrogens with zero attached hydrogens (tertiary/aromatic N) is 1. The number of benzene rings is 1. The van der Waals surface area contributed by atoms with Crippen LogP contribution >= 0.6 is 0 Å². The van der Waals surface area contributed by atoms with Crippen LogP contribution in [0.3, 0.4) is 0 Å². The maximum atomic E-state index is 13.1. The number of morpholine rings is 1. The molecule has 1 heterocycles. The first-order valence-electron chi connectivity index (χ1n) is 8.86. The zero-order valence-electron chi connectivity index (χ0n) is 15.4. The van der Waals surface area contributed by atoms with Crippen molar-refractivity contribution >= 4 is 5.91 Å². The second-order valence-corrected chi connectivity index (χ2v) is 7.66. The van der Waals surface area contributed by atoms with Crippen LogP contribution in [0.4, 0.5) is 8.78 Å². The largest absolute Gasteiger partial charge is 0.493 e. The minimum atomic E-state index is -2.95. The highest BCUT2D eigenvalue weighted by molar-refractivity contribution is 5.95. The summed E-state index contributed by atoms with van der Waals surface area (Å²) < 4.78 is 40.8. The van der Waals surface area contributed by atoms with Gasteiger partial charge < -0.3 is 19.1 Å². The average molecular weight is 369 g/mol. The van der Waals surface area contributed by atoms with Gasteiger partial charge in [0, 0.05) is 12.1 Å². The van der Waals surface area contributed by atoms with E-state index in [1.807, 2.05) is 13.8 Å². The van der Waals surface area contributed by atoms with Crippen LogP contribution in [-0.4, -0.2) is 48.8 Å². The molecule has 0 radical (unpaired) electrons. The molecule has 2 aliphatic rings. The highest BCUT2D eigenvalue weighted by Crippen LogP contribution is 2.41. The zero-order chi connectivity index (χ0) is 18.9. The number of amides is 1. The van der Waals surface area contributed by atoms with Gasteiger partial charge in [0.2, 0.25) is 0 Å². The Kier molecular flexibility index (Phi) is 5.10. The maximum Gasteiger partial charge on any atom is 0.387 e. The number of hydrogen-bond acceptors (Lipinski definition) is 4. The number of rotatable bonds is 4. The van der Waals surface area contributed by atoms with E-state index < -0.39 is 12.2 Å². The first kappa shape index (κ1) is 18.9. The summed E-state index contributed by atoms with van der Waals surface area (Å²) in [5, 5.41) is 0. The van der Waals surface area contributed by atoms with Crippen molar-refractivity contribution in [2.45, 2.75) is 57.3 Å². The van der Waals surface area contributed by atoms with Gasteiger partial charge in [0.05, 0.1) is 24.9 Å². The molecule has 5 nitrogen and oxygen atoms in total. The molecule has 0 aromatic heterocycles. The smallest absolute Gasteiger partial charge is 0.387 e. The Bertz CT molecular complexity index is 672. The topological polar surface area (TPSA) is 48.0 Å². The van der Waals surface area contributed by atoms with E-state index >= 15 is 0 Å². The molecular formula is C19H25F2NO4. The van der Waals surface area contributed by atoms with Gasteiger partial charge in [0.25, 0.3) is 5.91 Å². The molecule has 1 aliphatic carbocycles. The van der Waals surface area contributed by atoms with E-state index in [9.17, 15) is 13.6 Å². The molecule has 1 aromatic rings. The predicted molar refractivity (Wildman–Crippen MR) is 91.9 cm³/mol. The minimum absolute atomic E-state index is 0.0892. The van der Waals surface area contributed by atoms with Gasteiger partial charge in [-0.25, -0.2) is 0 Å². The Balaban J connectivity index is 1.83. The first-order chi connectivity index (χ1) is 12.2. The summed E-state index contributed by atoms with van der Waals surface area (Å²) in [5.41, 5.74) is -0.323. The lowest BCUT2D eigenvalue weighted by molar-refractivity contribution is -0.184. The maximum absolute atomic E-state index is 13.1. The Labute approximate surface area is 152 Å². The molecule has 0 atom stereocenters. The fourth-order valence-electron chi connectivity index (χ4n) is 4.11. The minimum Gasteiger partial charge on any atom is -0.493 e. The van der Waals surface area contributed by atoms with Crippen LogP contribution in [-0.2, 0) is 4.74 Å². The van der Waals surface area contributed by atoms with Crippen molar-refractivity contribution in [1.82, 2.24) is 4.90 Å². The summed E-state index contributed by atoms with van der Waals surface area (Å²) in [5.74, 6) is -0.137. The summed E-state index contributed by atoms with van der Waals surface area (Å²) in [6.45, 7) is 2.06. The van der Waals surface area contributed by atoms with Crippen molar-refractivity contribution in [3.05, 3.63) is 23.8 Å². The van der Waals surface area contributed by atoms with E-state index in [4.69, 9.17) is 9.47 Å². The van der Waals surface area contributed by atoms with E-state index in [-0.39, 0.29) is 23.0 Å². The summed E-state index contributed by atoms with van der Waals surface area (Å²) in [7, 11) is 1.35. The molecule has 1 aromatic carbocycles. The molecule has 1 saturated heterocycles. The van der Waals surface area contributed by atoms with Crippen LogP contribution in [0.25, 0.3) is 0 Å². The number of hydrogen-bond donors (Lipinski definition) is 0. The number of carbonyl (C=O) groups excluding carboxylic acids is 1. The molecular weight excluding hydrogens is 344 g/mol. The fraction of sp³-hybridized carbons (Fsp3) is 0.632. The normalized spacial score (nSPS) is 21.2. The molecule has 2 fully saturated rings. The molecule has 3 rings (SSSR count). The second kappa shape index (κ2) is 7.02. The molecule has 1 amide bonds. The SMILES string of the molecule is COc1cc(C(=O)N2CC(C)(C)OC3(CCCC3)C2)ccc1OC(F)F. The van der Waals surface area contributed by atoms with E-state index in [2.05, 4.69) is 4.74 Å². The third-order valence-corrected chi connectivity index (χ3v) is 4.97. The van der Waals surface area contributed by atoms with Crippen LogP contribution in [0, 0.1) is 0 Å². The van der Waals surface area contributed by atoms with E-state index in [0.717, 1.165) is 25.7 Å². The van der Waals surface area contributed by atoms with Gasteiger partial charge in [0.1, 0.15) is 0 Å². The predicted octanol–water partition coefficient (Wildman–Crippen LogP) is 3.86. The molecule has 1 spiro atoms. The van der Waals surface area contributed by atoms with Crippen molar-refractivity contribution in [1.29, 1.82) is 0 Å². The summed E-state index contributed by atoms with van der Waals surface area (Å²) in [6, 6.07) is 4.28. The zero-order valence-corrected chi connectivity index (χ0v) is 15.4. The van der Waals surface area contributed by atoms with Crippen molar-refractivity contribution in [2.24, 2.45) is 0 Å². The summed E-state index contributed by atoms with van der Waals surface area (Å²) in [6.07, 6.45) is 4.10. The van der Waals surface area contributed by atoms with Gasteiger partial charge >= 0.3 is 6.61 Å². The lowest BCUT2D eigenvalue weighted by Gasteiger charge is -2.48. The summed E-state index contributed by atoms with van der Waals surface area (Å²) >= 11 is 0. The van der Waals surface area contributed by atoms with Gasteiger partial charge in [-0.05, 0) is 44.9 Å². The standard InChI is InChI=1S/C19H25F2NO4/c1-18(2)11-22(12-19(26-18)8-4-5-9-19)16(23)13-6-7-14(25-17(20)21)15(10-13)24-3/h6-7,10,17H,4-5,8-9,11-12H2,1-3H3. The highest BCUT2D eigenvalue weighted by Gasteiger charge is 2.47. The van der Waals surface area contributed by atoms with Crippen molar-refractivity contribution in [3.8, 4) is 11.5 Å². The van der Waals surface area contributed by atoms with Gasteiger partial charge in [-0.2, -0.15) is 8.78 Å². The number of methoxy groups -OCH3 is 1. The van der Waals surface area contributed by atoms with Crippen LogP contribution in [0.5, 0.6) is 11.5 Å². The molecule has 26 heavy (non-hydrogen) atoms. The Morgan fingerprint density at radius 3 is 2.50 bits per heavy atom. The Hall–Kier alpha value is -1.89. The second-order valence-electron chi connectivity index (χ2n) is 7.66. The number of carbonyl (C=O) groups is 1. The molecule has 144 valence electrons. The van der Waals surface area contributed by atoms with Crippen molar-refractivity contribution in [2.75, 3.05) is 20.2 Å². The lowest BCUT2D eigenvalue weighted by Crippen LogP contribution is -2.60. The van der Waals surface area contributed by atoms with Crippen LogP contribution in [0.15, 0.2) is 18.2 Å². The molecule has 0 bridgehead atoms. The Morgan fingerprint density at radius 2 is 1.88 bits per heavy atom. The molecule has 1 saturated carbocycles. The first-order valence-corrected chi connectivity index (χ1v) is 8.86. The van der Waals surface area contributed by atoms with E-state index in [1.54, 1.807) is 4.90 Å². The van der Waals surface area contributed by atoms with Gasteiger partial charge in [0.15, 0.2) is 11.5 Å². The van der Waals surface area contributed by atoms with Crippen molar-refractivity contribution in [3.63, 3.8) is 0 Å². The molecule has 7 heteroatoms. The van der Waals surface area contributed by atoms with Crippen LogP contribution in [0.1, 0.15) is 49.9 Å². The van der Waals surface area contributed by atoms with Crippen LogP contribution in [0.2, 0.25) is 0 Å². The molecule has 0 unspecified atom stereocenters. The quantitative estimate of drug-likeness (QED) is 0.809.